The van der Waals surface area contributed by atoms with Gasteiger partial charge < -0.3 is 14.4 Å². The fourth-order valence-corrected chi connectivity index (χ4v) is 5.02. The predicted octanol–water partition coefficient (Wildman–Crippen LogP) is 14.0. The van der Waals surface area contributed by atoms with Gasteiger partial charge in [0.15, 0.2) is 0 Å². The maximum Gasteiger partial charge on any atom is 0.0934 e. The van der Waals surface area contributed by atoms with Crippen molar-refractivity contribution in [3.8, 4) is 0 Å². The molecular formula is C49H79NO2. The Morgan fingerprint density at radius 3 is 1.17 bits per heavy atom. The van der Waals surface area contributed by atoms with E-state index in [0.29, 0.717) is 12.5 Å². The van der Waals surface area contributed by atoms with Gasteiger partial charge in [-0.15, -0.1) is 0 Å². The molecule has 0 aliphatic heterocycles. The van der Waals surface area contributed by atoms with Crippen LogP contribution in [0.1, 0.15) is 124 Å². The minimum atomic E-state index is 0.120. The third-order valence-electron chi connectivity index (χ3n) is 7.96. The zero-order valence-corrected chi connectivity index (χ0v) is 34.3. The lowest BCUT2D eigenvalue weighted by Gasteiger charge is -2.21. The number of hydrogen-bond acceptors (Lipinski definition) is 3. The molecule has 0 heterocycles. The molecule has 2 atom stereocenters. The van der Waals surface area contributed by atoms with E-state index in [1.54, 1.807) is 0 Å². The van der Waals surface area contributed by atoms with E-state index in [2.05, 4.69) is 173 Å². The summed E-state index contributed by atoms with van der Waals surface area (Å²) in [7, 11) is 4.19. The summed E-state index contributed by atoms with van der Waals surface area (Å²) >= 11 is 0. The quantitative estimate of drug-likeness (QED) is 0.0482. The maximum absolute atomic E-state index is 6.18. The SMILES string of the molecule is CC/C=C\C/C=C\C/C=C\C/C=C\C/C=C\C/C=C\CCCOCC(CN(C)C)OCCC/C=C\C/C=C\CC(C)C/C=C\C/C=C\C/C=C\CC. The molecule has 0 saturated carbocycles. The van der Waals surface area contributed by atoms with Gasteiger partial charge in [-0.05, 0) is 123 Å². The third kappa shape index (κ3) is 41.4. The van der Waals surface area contributed by atoms with Crippen molar-refractivity contribution < 1.29 is 9.47 Å². The second-order valence-electron chi connectivity index (χ2n) is 13.6. The van der Waals surface area contributed by atoms with E-state index in [1.165, 1.54) is 0 Å². The van der Waals surface area contributed by atoms with Gasteiger partial charge in [0.2, 0.25) is 0 Å². The van der Waals surface area contributed by atoms with Crippen molar-refractivity contribution in [2.45, 2.75) is 130 Å². The van der Waals surface area contributed by atoms with E-state index in [4.69, 9.17) is 9.47 Å². The Bertz CT molecular complexity index is 1080. The number of nitrogens with zero attached hydrogens (tertiary/aromatic N) is 1. The highest BCUT2D eigenvalue weighted by Crippen LogP contribution is 2.10. The van der Waals surface area contributed by atoms with Crippen LogP contribution in [0.4, 0.5) is 0 Å². The second kappa shape index (κ2) is 42.4. The summed E-state index contributed by atoms with van der Waals surface area (Å²) in [5.74, 6) is 0.687. The smallest absolute Gasteiger partial charge is 0.0934 e. The number of rotatable bonds is 35. The summed E-state index contributed by atoms with van der Waals surface area (Å²) in [6, 6.07) is 0. The Hall–Kier alpha value is -2.98. The summed E-state index contributed by atoms with van der Waals surface area (Å²) in [4.78, 5) is 2.18. The topological polar surface area (TPSA) is 21.7 Å². The van der Waals surface area contributed by atoms with Crippen LogP contribution in [0, 0.1) is 5.92 Å². The molecule has 0 N–H and O–H groups in total. The Labute approximate surface area is 323 Å². The number of allylic oxidation sites excluding steroid dienone is 22. The molecule has 0 spiro atoms. The average Bonchev–Trinajstić information content (AvgIpc) is 3.13. The van der Waals surface area contributed by atoms with E-state index < -0.39 is 0 Å². The van der Waals surface area contributed by atoms with Gasteiger partial charge in [0.05, 0.1) is 12.7 Å². The predicted molar refractivity (Wildman–Crippen MR) is 234 cm³/mol. The molecule has 0 aromatic heterocycles. The van der Waals surface area contributed by atoms with Gasteiger partial charge in [0, 0.05) is 19.8 Å². The van der Waals surface area contributed by atoms with Crippen LogP contribution in [0.5, 0.6) is 0 Å². The highest BCUT2D eigenvalue weighted by Gasteiger charge is 2.10. The maximum atomic E-state index is 6.18. The fraction of sp³-hybridized carbons (Fsp3) is 0.551. The molecular weight excluding hydrogens is 635 g/mol. The summed E-state index contributed by atoms with van der Waals surface area (Å²) in [5.41, 5.74) is 0. The minimum absolute atomic E-state index is 0.120. The fourth-order valence-electron chi connectivity index (χ4n) is 5.02. The molecule has 0 bridgehead atoms. The molecule has 0 aliphatic rings. The number of likely N-dealkylation sites (N-methyl/N-ethyl adjacent to an activating group) is 1. The Kier molecular flexibility index (Phi) is 40.0. The highest BCUT2D eigenvalue weighted by molar-refractivity contribution is 5.02. The first-order chi connectivity index (χ1) is 25.6. The zero-order valence-electron chi connectivity index (χ0n) is 34.3. The number of unbranched alkanes of at least 4 members (excludes halogenated alkanes) is 2. The third-order valence-corrected chi connectivity index (χ3v) is 7.96. The van der Waals surface area contributed by atoms with Crippen molar-refractivity contribution in [3.63, 3.8) is 0 Å². The van der Waals surface area contributed by atoms with Crippen LogP contribution in [-0.2, 0) is 9.47 Å². The second-order valence-corrected chi connectivity index (χ2v) is 13.6. The molecule has 0 amide bonds. The van der Waals surface area contributed by atoms with Gasteiger partial charge in [0.1, 0.15) is 0 Å². The summed E-state index contributed by atoms with van der Waals surface area (Å²) < 4.78 is 12.2. The van der Waals surface area contributed by atoms with Crippen LogP contribution in [0.15, 0.2) is 134 Å². The van der Waals surface area contributed by atoms with E-state index in [9.17, 15) is 0 Å². The molecule has 0 rings (SSSR count). The molecule has 2 unspecified atom stereocenters. The van der Waals surface area contributed by atoms with E-state index in [0.717, 1.165) is 122 Å². The lowest BCUT2D eigenvalue weighted by molar-refractivity contribution is -0.0277. The zero-order chi connectivity index (χ0) is 37.8. The van der Waals surface area contributed by atoms with E-state index >= 15 is 0 Å². The van der Waals surface area contributed by atoms with Gasteiger partial charge in [-0.1, -0.05) is 154 Å². The van der Waals surface area contributed by atoms with Crippen LogP contribution in [-0.4, -0.2) is 51.5 Å². The Morgan fingerprint density at radius 1 is 0.442 bits per heavy atom. The molecule has 0 aromatic carbocycles. The van der Waals surface area contributed by atoms with Crippen molar-refractivity contribution in [1.82, 2.24) is 4.90 Å². The standard InChI is InChI=1S/C49H79NO2/c1-6-8-10-12-14-16-17-18-19-20-21-22-23-24-25-26-28-32-36-40-44-51-47-49(46-50(4)5)52-45-41-37-33-29-31-35-39-43-48(3)42-38-34-30-27-15-13-11-9-7-2/h8-11,14-16,18-19,21-22,24-25,27-29,32-35,38-39,48-49H,6-7,12-13,17,20,23,26,30-31,36-37,40-47H2,1-5H3/b10-8-,11-9-,16-14-,19-18-,22-21-,25-24-,27-15-,32-28-,33-29-,38-34-,39-35-. The molecule has 292 valence electrons. The molecule has 0 saturated heterocycles. The van der Waals surface area contributed by atoms with Crippen LogP contribution in [0.2, 0.25) is 0 Å². The van der Waals surface area contributed by atoms with Crippen molar-refractivity contribution >= 4 is 0 Å². The molecule has 52 heavy (non-hydrogen) atoms. The van der Waals surface area contributed by atoms with Gasteiger partial charge in [-0.25, -0.2) is 0 Å². The van der Waals surface area contributed by atoms with Crippen molar-refractivity contribution in [2.75, 3.05) is 40.5 Å². The summed E-state index contributed by atoms with van der Waals surface area (Å²) in [5, 5.41) is 0. The van der Waals surface area contributed by atoms with E-state index in [1.807, 2.05) is 0 Å². The normalized spacial score (nSPS) is 14.7. The van der Waals surface area contributed by atoms with Gasteiger partial charge in [-0.3, -0.25) is 0 Å². The summed E-state index contributed by atoms with van der Waals surface area (Å²) in [6.45, 7) is 9.77. The monoisotopic (exact) mass is 714 g/mol. The van der Waals surface area contributed by atoms with Gasteiger partial charge >= 0.3 is 0 Å². The summed E-state index contributed by atoms with van der Waals surface area (Å²) in [6.07, 6.45) is 66.7. The minimum Gasteiger partial charge on any atom is -0.379 e. The van der Waals surface area contributed by atoms with Gasteiger partial charge in [-0.2, -0.15) is 0 Å². The van der Waals surface area contributed by atoms with Crippen LogP contribution < -0.4 is 0 Å². The molecule has 0 radical (unpaired) electrons. The largest absolute Gasteiger partial charge is 0.379 e. The first kappa shape index (κ1) is 49.0. The van der Waals surface area contributed by atoms with Crippen LogP contribution in [0.3, 0.4) is 0 Å². The Morgan fingerprint density at radius 2 is 0.788 bits per heavy atom. The molecule has 3 nitrogen and oxygen atoms in total. The number of hydrogen-bond donors (Lipinski definition) is 0. The first-order valence-corrected chi connectivity index (χ1v) is 20.6. The van der Waals surface area contributed by atoms with Crippen molar-refractivity contribution in [1.29, 1.82) is 0 Å². The molecule has 0 fully saturated rings. The lowest BCUT2D eigenvalue weighted by Crippen LogP contribution is -2.32. The molecule has 3 heteroatoms. The van der Waals surface area contributed by atoms with Crippen molar-refractivity contribution in [3.05, 3.63) is 134 Å². The van der Waals surface area contributed by atoms with Crippen molar-refractivity contribution in [2.24, 2.45) is 5.92 Å². The molecule has 0 aliphatic carbocycles. The molecule has 0 aromatic rings. The first-order valence-electron chi connectivity index (χ1n) is 20.6. The highest BCUT2D eigenvalue weighted by atomic mass is 16.5. The lowest BCUT2D eigenvalue weighted by atomic mass is 10.0. The average molecular weight is 714 g/mol. The van der Waals surface area contributed by atoms with Crippen LogP contribution in [0.25, 0.3) is 0 Å². The van der Waals surface area contributed by atoms with Gasteiger partial charge in [0.25, 0.3) is 0 Å². The van der Waals surface area contributed by atoms with E-state index in [-0.39, 0.29) is 6.10 Å². The Balaban J connectivity index is 3.87. The van der Waals surface area contributed by atoms with Crippen LogP contribution >= 0.6 is 0 Å². The number of ether oxygens (including phenoxy) is 2.